The number of aliphatic carboxylic acids is 1. The Balaban J connectivity index is 2.90. The molecular weight excluding hydrogens is 204 g/mol. The van der Waals surface area contributed by atoms with Gasteiger partial charge in [0.25, 0.3) is 0 Å². The van der Waals surface area contributed by atoms with Crippen LogP contribution in [0.1, 0.15) is 35.7 Å². The van der Waals surface area contributed by atoms with Crippen molar-refractivity contribution in [2.75, 3.05) is 0 Å². The number of hydrogen-bond donors (Lipinski definition) is 1. The number of carboxylic acids is 1. The molecule has 3 nitrogen and oxygen atoms in total. The van der Waals surface area contributed by atoms with E-state index in [0.717, 1.165) is 5.56 Å². The minimum atomic E-state index is -1.03. The molecule has 16 heavy (non-hydrogen) atoms. The van der Waals surface area contributed by atoms with Gasteiger partial charge in [-0.3, -0.25) is 9.59 Å². The molecule has 1 unspecified atom stereocenters. The number of ketones is 1. The van der Waals surface area contributed by atoms with Gasteiger partial charge < -0.3 is 5.11 Å². The molecule has 1 atom stereocenters. The van der Waals surface area contributed by atoms with E-state index in [9.17, 15) is 9.59 Å². The zero-order valence-electron chi connectivity index (χ0n) is 9.56. The number of carboxylic acid groups (broad SMARTS) is 1. The van der Waals surface area contributed by atoms with Gasteiger partial charge in [-0.05, 0) is 13.3 Å². The van der Waals surface area contributed by atoms with Gasteiger partial charge in [0.2, 0.25) is 0 Å². The smallest absolute Gasteiger partial charge is 0.314 e. The molecule has 0 radical (unpaired) electrons. The Morgan fingerprint density at radius 2 is 1.81 bits per heavy atom. The molecule has 0 aromatic heterocycles. The van der Waals surface area contributed by atoms with Crippen molar-refractivity contribution in [3.63, 3.8) is 0 Å². The molecule has 86 valence electrons. The first-order chi connectivity index (χ1) is 7.56. The fourth-order valence-electron chi connectivity index (χ4n) is 1.57. The first-order valence-electron chi connectivity index (χ1n) is 5.40. The SMILES string of the molecule is CCCC(C(=O)O)C(=O)c1ccc(C)cc1. The molecule has 0 aliphatic carbocycles. The van der Waals surface area contributed by atoms with Gasteiger partial charge in [0.05, 0.1) is 0 Å². The van der Waals surface area contributed by atoms with Crippen LogP contribution in [0.5, 0.6) is 0 Å². The second-order valence-corrected chi connectivity index (χ2v) is 3.91. The summed E-state index contributed by atoms with van der Waals surface area (Å²) in [6, 6.07) is 7.00. The van der Waals surface area contributed by atoms with Crippen LogP contribution in [0.3, 0.4) is 0 Å². The van der Waals surface area contributed by atoms with Crippen LogP contribution >= 0.6 is 0 Å². The summed E-state index contributed by atoms with van der Waals surface area (Å²) in [5.41, 5.74) is 1.53. The van der Waals surface area contributed by atoms with Crippen LogP contribution in [0, 0.1) is 12.8 Å². The maximum absolute atomic E-state index is 11.9. The zero-order valence-corrected chi connectivity index (χ0v) is 9.56. The van der Waals surface area contributed by atoms with Crippen LogP contribution in [-0.4, -0.2) is 16.9 Å². The molecule has 0 fully saturated rings. The van der Waals surface area contributed by atoms with Gasteiger partial charge in [-0.25, -0.2) is 0 Å². The molecule has 0 spiro atoms. The number of rotatable bonds is 5. The summed E-state index contributed by atoms with van der Waals surface area (Å²) < 4.78 is 0. The summed E-state index contributed by atoms with van der Waals surface area (Å²) in [4.78, 5) is 22.9. The number of hydrogen-bond acceptors (Lipinski definition) is 2. The minimum absolute atomic E-state index is 0.297. The third kappa shape index (κ3) is 2.92. The van der Waals surface area contributed by atoms with E-state index in [0.29, 0.717) is 18.4 Å². The molecule has 0 saturated carbocycles. The van der Waals surface area contributed by atoms with Gasteiger partial charge in [0.15, 0.2) is 5.78 Å². The van der Waals surface area contributed by atoms with Crippen molar-refractivity contribution in [1.82, 2.24) is 0 Å². The molecule has 0 bridgehead atoms. The van der Waals surface area contributed by atoms with E-state index in [4.69, 9.17) is 5.11 Å². The Bertz CT molecular complexity index is 379. The Morgan fingerprint density at radius 1 is 1.25 bits per heavy atom. The molecule has 0 amide bonds. The molecule has 1 aromatic rings. The summed E-state index contributed by atoms with van der Waals surface area (Å²) in [7, 11) is 0. The average molecular weight is 220 g/mol. The summed E-state index contributed by atoms with van der Waals surface area (Å²) in [6.07, 6.45) is 1.08. The highest BCUT2D eigenvalue weighted by Gasteiger charge is 2.25. The van der Waals surface area contributed by atoms with E-state index < -0.39 is 11.9 Å². The van der Waals surface area contributed by atoms with E-state index in [-0.39, 0.29) is 5.78 Å². The lowest BCUT2D eigenvalue weighted by molar-refractivity contribution is -0.140. The van der Waals surface area contributed by atoms with Crippen molar-refractivity contribution < 1.29 is 14.7 Å². The second kappa shape index (κ2) is 5.45. The quantitative estimate of drug-likeness (QED) is 0.613. The van der Waals surface area contributed by atoms with Gasteiger partial charge in [0, 0.05) is 5.56 Å². The largest absolute Gasteiger partial charge is 0.481 e. The summed E-state index contributed by atoms with van der Waals surface area (Å²) in [5.74, 6) is -2.24. The molecule has 1 rings (SSSR count). The van der Waals surface area contributed by atoms with E-state index >= 15 is 0 Å². The molecule has 0 aliphatic rings. The number of Topliss-reactive ketones (excluding diaryl/α,β-unsaturated/α-hetero) is 1. The lowest BCUT2D eigenvalue weighted by Gasteiger charge is -2.09. The van der Waals surface area contributed by atoms with Crippen LogP contribution in [0.4, 0.5) is 0 Å². The molecule has 1 aromatic carbocycles. The highest BCUT2D eigenvalue weighted by atomic mass is 16.4. The predicted molar refractivity (Wildman–Crippen MR) is 61.5 cm³/mol. The van der Waals surface area contributed by atoms with Crippen LogP contribution in [0.15, 0.2) is 24.3 Å². The molecule has 0 heterocycles. The fraction of sp³-hybridized carbons (Fsp3) is 0.385. The minimum Gasteiger partial charge on any atom is -0.481 e. The van der Waals surface area contributed by atoms with Gasteiger partial charge in [-0.2, -0.15) is 0 Å². The molecule has 0 aliphatic heterocycles. The lowest BCUT2D eigenvalue weighted by Crippen LogP contribution is -2.23. The van der Waals surface area contributed by atoms with E-state index in [2.05, 4.69) is 0 Å². The first-order valence-corrected chi connectivity index (χ1v) is 5.40. The Labute approximate surface area is 95.1 Å². The van der Waals surface area contributed by atoms with Crippen LogP contribution in [0.25, 0.3) is 0 Å². The van der Waals surface area contributed by atoms with Crippen molar-refractivity contribution >= 4 is 11.8 Å². The number of aryl methyl sites for hydroxylation is 1. The summed E-state index contributed by atoms with van der Waals surface area (Å²) >= 11 is 0. The predicted octanol–water partition coefficient (Wildman–Crippen LogP) is 2.68. The zero-order chi connectivity index (χ0) is 12.1. The monoisotopic (exact) mass is 220 g/mol. The molecular formula is C13H16O3. The fourth-order valence-corrected chi connectivity index (χ4v) is 1.57. The van der Waals surface area contributed by atoms with E-state index in [1.165, 1.54) is 0 Å². The van der Waals surface area contributed by atoms with Crippen molar-refractivity contribution in [1.29, 1.82) is 0 Å². The average Bonchev–Trinajstić information content (AvgIpc) is 2.25. The highest BCUT2D eigenvalue weighted by molar-refractivity contribution is 6.08. The number of carbonyl (C=O) groups is 2. The van der Waals surface area contributed by atoms with Crippen molar-refractivity contribution in [2.24, 2.45) is 5.92 Å². The van der Waals surface area contributed by atoms with Gasteiger partial charge in [-0.1, -0.05) is 43.2 Å². The maximum Gasteiger partial charge on any atom is 0.314 e. The molecule has 0 saturated heterocycles. The van der Waals surface area contributed by atoms with Gasteiger partial charge in [0.1, 0.15) is 5.92 Å². The van der Waals surface area contributed by atoms with Gasteiger partial charge in [-0.15, -0.1) is 0 Å². The number of carbonyl (C=O) groups excluding carboxylic acids is 1. The lowest BCUT2D eigenvalue weighted by atomic mass is 9.93. The standard InChI is InChI=1S/C13H16O3/c1-3-4-11(13(15)16)12(14)10-7-5-9(2)6-8-10/h5-8,11H,3-4H2,1-2H3,(H,15,16). The van der Waals surface area contributed by atoms with E-state index in [1.54, 1.807) is 12.1 Å². The van der Waals surface area contributed by atoms with Crippen LogP contribution in [-0.2, 0) is 4.79 Å². The second-order valence-electron chi connectivity index (χ2n) is 3.91. The Morgan fingerprint density at radius 3 is 2.25 bits per heavy atom. The normalized spacial score (nSPS) is 12.1. The van der Waals surface area contributed by atoms with Crippen molar-refractivity contribution in [3.8, 4) is 0 Å². The Kier molecular flexibility index (Phi) is 4.23. The van der Waals surface area contributed by atoms with Crippen LogP contribution < -0.4 is 0 Å². The van der Waals surface area contributed by atoms with Crippen molar-refractivity contribution in [2.45, 2.75) is 26.7 Å². The van der Waals surface area contributed by atoms with Crippen molar-refractivity contribution in [3.05, 3.63) is 35.4 Å². The summed E-state index contributed by atoms with van der Waals surface area (Å²) in [6.45, 7) is 3.80. The number of benzene rings is 1. The molecule has 3 heteroatoms. The third-order valence-electron chi connectivity index (χ3n) is 2.53. The Hall–Kier alpha value is -1.64. The molecule has 1 N–H and O–H groups in total. The highest BCUT2D eigenvalue weighted by Crippen LogP contribution is 2.15. The summed E-state index contributed by atoms with van der Waals surface area (Å²) in [5, 5.41) is 8.97. The first kappa shape index (κ1) is 12.4. The van der Waals surface area contributed by atoms with Gasteiger partial charge >= 0.3 is 5.97 Å². The topological polar surface area (TPSA) is 54.4 Å². The third-order valence-corrected chi connectivity index (χ3v) is 2.53. The van der Waals surface area contributed by atoms with Crippen LogP contribution in [0.2, 0.25) is 0 Å². The maximum atomic E-state index is 11.9. The van der Waals surface area contributed by atoms with E-state index in [1.807, 2.05) is 26.0 Å².